The second-order valence-corrected chi connectivity index (χ2v) is 5.26. The van der Waals surface area contributed by atoms with Crippen molar-refractivity contribution in [1.82, 2.24) is 9.80 Å². The Morgan fingerprint density at radius 1 is 1.15 bits per heavy atom. The van der Waals surface area contributed by atoms with Crippen LogP contribution in [-0.4, -0.2) is 60.1 Å². The molecule has 0 unspecified atom stereocenters. The Kier molecular flexibility index (Phi) is 5.56. The van der Waals surface area contributed by atoms with Crippen LogP contribution in [0.15, 0.2) is 24.3 Å². The molecule has 1 saturated heterocycles. The fraction of sp³-hybridized carbons (Fsp3) is 0.562. The summed E-state index contributed by atoms with van der Waals surface area (Å²) in [5.41, 5.74) is 2.04. The van der Waals surface area contributed by atoms with Gasteiger partial charge in [-0.2, -0.15) is 0 Å². The largest absolute Gasteiger partial charge is 0.396 e. The van der Waals surface area contributed by atoms with Crippen molar-refractivity contribution in [2.75, 3.05) is 39.3 Å². The number of rotatable bonds is 5. The highest BCUT2D eigenvalue weighted by Crippen LogP contribution is 2.11. The molecule has 1 heterocycles. The average Bonchev–Trinajstić information content (AvgIpc) is 2.53. The molecule has 1 aliphatic heterocycles. The number of carbonyl (C=O) groups excluding carboxylic acids is 1. The maximum absolute atomic E-state index is 12.4. The second-order valence-electron chi connectivity index (χ2n) is 5.26. The first-order chi connectivity index (χ1) is 9.74. The van der Waals surface area contributed by atoms with E-state index in [2.05, 4.69) is 11.8 Å². The molecule has 0 aromatic heterocycles. The minimum absolute atomic E-state index is 0.134. The van der Waals surface area contributed by atoms with Crippen molar-refractivity contribution in [2.24, 2.45) is 0 Å². The van der Waals surface area contributed by atoms with Crippen molar-refractivity contribution < 1.29 is 9.90 Å². The van der Waals surface area contributed by atoms with Crippen LogP contribution in [0.4, 0.5) is 0 Å². The van der Waals surface area contributed by atoms with Gasteiger partial charge in [0.1, 0.15) is 0 Å². The van der Waals surface area contributed by atoms with Crippen LogP contribution in [0.1, 0.15) is 29.3 Å². The van der Waals surface area contributed by atoms with E-state index >= 15 is 0 Å². The molecule has 1 amide bonds. The summed E-state index contributed by atoms with van der Waals surface area (Å²) in [6.45, 7) is 6.63. The summed E-state index contributed by atoms with van der Waals surface area (Å²) in [5.74, 6) is 0.134. The first-order valence-corrected chi connectivity index (χ1v) is 7.46. The highest BCUT2D eigenvalue weighted by Gasteiger charge is 2.21. The van der Waals surface area contributed by atoms with Crippen LogP contribution in [0.2, 0.25) is 0 Å². The molecule has 4 heteroatoms. The third kappa shape index (κ3) is 3.81. The lowest BCUT2D eigenvalue weighted by atomic mass is 10.1. The lowest BCUT2D eigenvalue weighted by Gasteiger charge is -2.34. The van der Waals surface area contributed by atoms with E-state index in [9.17, 15) is 4.79 Å². The highest BCUT2D eigenvalue weighted by molar-refractivity contribution is 5.94. The summed E-state index contributed by atoms with van der Waals surface area (Å²) in [4.78, 5) is 16.6. The summed E-state index contributed by atoms with van der Waals surface area (Å²) in [6, 6.07) is 7.92. The van der Waals surface area contributed by atoms with Crippen LogP contribution in [0.3, 0.4) is 0 Å². The number of nitrogens with zero attached hydrogens (tertiary/aromatic N) is 2. The SMILES string of the molecule is CCc1ccc(C(=O)N2CCN(CCCO)CC2)cc1. The van der Waals surface area contributed by atoms with Gasteiger partial charge in [-0.3, -0.25) is 9.69 Å². The van der Waals surface area contributed by atoms with Gasteiger partial charge in [0.15, 0.2) is 0 Å². The normalized spacial score (nSPS) is 16.4. The number of aryl methyl sites for hydroxylation is 1. The third-order valence-corrected chi connectivity index (χ3v) is 3.90. The summed E-state index contributed by atoms with van der Waals surface area (Å²) < 4.78 is 0. The number of carbonyl (C=O) groups is 1. The monoisotopic (exact) mass is 276 g/mol. The van der Waals surface area contributed by atoms with Crippen molar-refractivity contribution in [3.63, 3.8) is 0 Å². The number of aliphatic hydroxyl groups excluding tert-OH is 1. The first kappa shape index (κ1) is 15.0. The lowest BCUT2D eigenvalue weighted by molar-refractivity contribution is 0.0629. The third-order valence-electron chi connectivity index (χ3n) is 3.90. The Bertz CT molecular complexity index is 423. The van der Waals surface area contributed by atoms with Gasteiger partial charge in [-0.15, -0.1) is 0 Å². The van der Waals surface area contributed by atoms with E-state index < -0.39 is 0 Å². The van der Waals surface area contributed by atoms with Gasteiger partial charge in [-0.05, 0) is 30.5 Å². The fourth-order valence-corrected chi connectivity index (χ4v) is 2.53. The summed E-state index contributed by atoms with van der Waals surface area (Å²) in [6.07, 6.45) is 1.81. The van der Waals surface area contributed by atoms with Crippen molar-refractivity contribution in [3.05, 3.63) is 35.4 Å². The van der Waals surface area contributed by atoms with E-state index in [1.807, 2.05) is 29.2 Å². The molecule has 4 nitrogen and oxygen atoms in total. The summed E-state index contributed by atoms with van der Waals surface area (Å²) >= 11 is 0. The molecule has 110 valence electrons. The molecule has 0 saturated carbocycles. The van der Waals surface area contributed by atoms with Gasteiger partial charge in [0, 0.05) is 44.9 Å². The Morgan fingerprint density at radius 3 is 2.35 bits per heavy atom. The van der Waals surface area contributed by atoms with Crippen LogP contribution in [0.5, 0.6) is 0 Å². The van der Waals surface area contributed by atoms with Crippen molar-refractivity contribution in [1.29, 1.82) is 0 Å². The van der Waals surface area contributed by atoms with Crippen LogP contribution in [-0.2, 0) is 6.42 Å². The predicted octanol–water partition coefficient (Wildman–Crippen LogP) is 1.39. The molecule has 0 radical (unpaired) electrons. The zero-order chi connectivity index (χ0) is 14.4. The molecule has 1 aliphatic rings. The maximum Gasteiger partial charge on any atom is 0.253 e. The standard InChI is InChI=1S/C16H24N2O2/c1-2-14-4-6-15(7-5-14)16(20)18-11-9-17(10-12-18)8-3-13-19/h4-7,19H,2-3,8-13H2,1H3. The molecule has 2 rings (SSSR count). The molecule has 20 heavy (non-hydrogen) atoms. The molecule has 1 fully saturated rings. The van der Waals surface area contributed by atoms with Gasteiger partial charge in [0.2, 0.25) is 0 Å². The number of piperazine rings is 1. The van der Waals surface area contributed by atoms with Crippen LogP contribution >= 0.6 is 0 Å². The quantitative estimate of drug-likeness (QED) is 0.884. The number of benzene rings is 1. The number of aliphatic hydroxyl groups is 1. The van der Waals surface area contributed by atoms with E-state index in [1.54, 1.807) is 0 Å². The van der Waals surface area contributed by atoms with E-state index in [0.717, 1.165) is 51.1 Å². The van der Waals surface area contributed by atoms with Gasteiger partial charge in [-0.1, -0.05) is 19.1 Å². The molecule has 0 bridgehead atoms. The first-order valence-electron chi connectivity index (χ1n) is 7.46. The fourth-order valence-electron chi connectivity index (χ4n) is 2.53. The lowest BCUT2D eigenvalue weighted by Crippen LogP contribution is -2.48. The molecule has 0 atom stereocenters. The van der Waals surface area contributed by atoms with E-state index in [0.29, 0.717) is 0 Å². The van der Waals surface area contributed by atoms with Gasteiger partial charge in [-0.25, -0.2) is 0 Å². The van der Waals surface area contributed by atoms with E-state index in [-0.39, 0.29) is 12.5 Å². The van der Waals surface area contributed by atoms with Crippen LogP contribution < -0.4 is 0 Å². The minimum Gasteiger partial charge on any atom is -0.396 e. The molecule has 1 N–H and O–H groups in total. The van der Waals surface area contributed by atoms with Crippen LogP contribution in [0.25, 0.3) is 0 Å². The number of hydrogen-bond donors (Lipinski definition) is 1. The molecule has 0 spiro atoms. The Labute approximate surface area is 121 Å². The smallest absolute Gasteiger partial charge is 0.253 e. The molecule has 0 aliphatic carbocycles. The Hall–Kier alpha value is -1.39. The Balaban J connectivity index is 1.87. The van der Waals surface area contributed by atoms with Crippen molar-refractivity contribution >= 4 is 5.91 Å². The van der Waals surface area contributed by atoms with E-state index in [4.69, 9.17) is 5.11 Å². The van der Waals surface area contributed by atoms with Gasteiger partial charge in [0.05, 0.1) is 0 Å². The zero-order valence-electron chi connectivity index (χ0n) is 12.2. The van der Waals surface area contributed by atoms with Crippen LogP contribution in [0, 0.1) is 0 Å². The minimum atomic E-state index is 0.134. The van der Waals surface area contributed by atoms with E-state index in [1.165, 1.54) is 5.56 Å². The Morgan fingerprint density at radius 2 is 1.80 bits per heavy atom. The van der Waals surface area contributed by atoms with Gasteiger partial charge in [0.25, 0.3) is 5.91 Å². The average molecular weight is 276 g/mol. The van der Waals surface area contributed by atoms with Gasteiger partial charge < -0.3 is 10.0 Å². The number of hydrogen-bond acceptors (Lipinski definition) is 3. The predicted molar refractivity (Wildman–Crippen MR) is 79.9 cm³/mol. The molecular formula is C16H24N2O2. The van der Waals surface area contributed by atoms with Crippen molar-refractivity contribution in [3.8, 4) is 0 Å². The molecule has 1 aromatic rings. The zero-order valence-corrected chi connectivity index (χ0v) is 12.2. The highest BCUT2D eigenvalue weighted by atomic mass is 16.3. The maximum atomic E-state index is 12.4. The molecular weight excluding hydrogens is 252 g/mol. The topological polar surface area (TPSA) is 43.8 Å². The molecule has 1 aromatic carbocycles. The van der Waals surface area contributed by atoms with Gasteiger partial charge >= 0.3 is 0 Å². The number of amides is 1. The summed E-state index contributed by atoms with van der Waals surface area (Å²) in [7, 11) is 0. The second kappa shape index (κ2) is 7.41. The summed E-state index contributed by atoms with van der Waals surface area (Å²) in [5, 5.41) is 8.84. The van der Waals surface area contributed by atoms with Crippen molar-refractivity contribution in [2.45, 2.75) is 19.8 Å².